The molecule has 0 fully saturated rings. The molecule has 0 saturated carbocycles. The van der Waals surface area contributed by atoms with Gasteiger partial charge in [-0.05, 0) is 26.0 Å². The number of esters is 1. The third-order valence-corrected chi connectivity index (χ3v) is 3.17. The van der Waals surface area contributed by atoms with Crippen molar-refractivity contribution in [2.75, 3.05) is 18.7 Å². The van der Waals surface area contributed by atoms with Crippen molar-refractivity contribution >= 4 is 23.3 Å². The molecule has 0 atom stereocenters. The number of ether oxygens (including phenoxy) is 2. The average Bonchev–Trinajstić information content (AvgIpc) is 2.84. The lowest BCUT2D eigenvalue weighted by atomic mass is 10.1. The molecular formula is C16H18N2O4. The van der Waals surface area contributed by atoms with Crippen LogP contribution in [0.5, 0.6) is 0 Å². The smallest absolute Gasteiger partial charge is 0.311 e. The third kappa shape index (κ3) is 3.16. The number of rotatable bonds is 5. The molecule has 2 rings (SSSR count). The monoisotopic (exact) mass is 302 g/mol. The number of allylic oxidation sites excluding steroid dienone is 1. The molecule has 116 valence electrons. The summed E-state index contributed by atoms with van der Waals surface area (Å²) in [6.45, 7) is 3.95. The fourth-order valence-electron chi connectivity index (χ4n) is 2.16. The SMILES string of the molecule is CCO/C(C)=C1\C(=O)N(c2ccccc2)N=C1CC(=O)OC. The number of anilines is 1. The van der Waals surface area contributed by atoms with E-state index in [2.05, 4.69) is 9.84 Å². The highest BCUT2D eigenvalue weighted by molar-refractivity contribution is 6.32. The van der Waals surface area contributed by atoms with E-state index in [1.165, 1.54) is 12.1 Å². The summed E-state index contributed by atoms with van der Waals surface area (Å²) in [6.07, 6.45) is -0.0781. The highest BCUT2D eigenvalue weighted by Crippen LogP contribution is 2.26. The normalized spacial score (nSPS) is 16.4. The average molecular weight is 302 g/mol. The van der Waals surface area contributed by atoms with E-state index in [9.17, 15) is 9.59 Å². The second-order valence-corrected chi connectivity index (χ2v) is 4.62. The molecule has 1 amide bonds. The molecule has 0 aliphatic carbocycles. The Hall–Kier alpha value is -2.63. The number of carbonyl (C=O) groups is 2. The number of carbonyl (C=O) groups excluding carboxylic acids is 2. The molecule has 0 radical (unpaired) electrons. The van der Waals surface area contributed by atoms with Crippen molar-refractivity contribution in [1.29, 1.82) is 0 Å². The highest BCUT2D eigenvalue weighted by Gasteiger charge is 2.34. The van der Waals surface area contributed by atoms with Gasteiger partial charge in [0.05, 0.1) is 31.5 Å². The number of benzene rings is 1. The van der Waals surface area contributed by atoms with Gasteiger partial charge >= 0.3 is 5.97 Å². The molecule has 0 saturated heterocycles. The summed E-state index contributed by atoms with van der Waals surface area (Å²) >= 11 is 0. The van der Waals surface area contributed by atoms with E-state index in [0.717, 1.165) is 0 Å². The molecule has 0 aromatic heterocycles. The highest BCUT2D eigenvalue weighted by atomic mass is 16.5. The van der Waals surface area contributed by atoms with Crippen LogP contribution in [0.25, 0.3) is 0 Å². The largest absolute Gasteiger partial charge is 0.498 e. The molecule has 1 aromatic rings. The van der Waals surface area contributed by atoms with Gasteiger partial charge < -0.3 is 9.47 Å². The zero-order chi connectivity index (χ0) is 16.1. The van der Waals surface area contributed by atoms with Crippen molar-refractivity contribution in [3.05, 3.63) is 41.7 Å². The van der Waals surface area contributed by atoms with Gasteiger partial charge in [0.2, 0.25) is 0 Å². The second kappa shape index (κ2) is 6.89. The first-order valence-electron chi connectivity index (χ1n) is 6.96. The van der Waals surface area contributed by atoms with Crippen molar-refractivity contribution in [2.45, 2.75) is 20.3 Å². The maximum absolute atomic E-state index is 12.6. The van der Waals surface area contributed by atoms with Gasteiger partial charge in [0.15, 0.2) is 0 Å². The third-order valence-electron chi connectivity index (χ3n) is 3.17. The summed E-state index contributed by atoms with van der Waals surface area (Å²) < 4.78 is 10.1. The van der Waals surface area contributed by atoms with Gasteiger partial charge in [-0.25, -0.2) is 0 Å². The molecule has 6 nitrogen and oxygen atoms in total. The zero-order valence-corrected chi connectivity index (χ0v) is 12.8. The van der Waals surface area contributed by atoms with Crippen LogP contribution in [0.2, 0.25) is 0 Å². The minimum Gasteiger partial charge on any atom is -0.498 e. The summed E-state index contributed by atoms with van der Waals surface area (Å²) in [4.78, 5) is 24.2. The molecule has 1 aliphatic rings. The van der Waals surface area contributed by atoms with E-state index in [1.54, 1.807) is 19.1 Å². The van der Waals surface area contributed by atoms with Crippen LogP contribution >= 0.6 is 0 Å². The first kappa shape index (κ1) is 15.8. The van der Waals surface area contributed by atoms with Crippen LogP contribution < -0.4 is 5.01 Å². The van der Waals surface area contributed by atoms with Crippen LogP contribution in [0.4, 0.5) is 5.69 Å². The van der Waals surface area contributed by atoms with Crippen LogP contribution in [0, 0.1) is 0 Å². The Labute approximate surface area is 129 Å². The number of hydrazone groups is 1. The molecule has 1 heterocycles. The van der Waals surface area contributed by atoms with E-state index in [0.29, 0.717) is 29.3 Å². The fourth-order valence-corrected chi connectivity index (χ4v) is 2.16. The Balaban J connectivity index is 2.42. The predicted molar refractivity (Wildman–Crippen MR) is 82.3 cm³/mol. The van der Waals surface area contributed by atoms with Gasteiger partial charge in [0.25, 0.3) is 5.91 Å². The number of para-hydroxylation sites is 1. The van der Waals surface area contributed by atoms with E-state index >= 15 is 0 Å². The van der Waals surface area contributed by atoms with E-state index in [1.807, 2.05) is 25.1 Å². The molecule has 0 N–H and O–H groups in total. The standard InChI is InChI=1S/C16H18N2O4/c1-4-22-11(2)15-13(10-14(19)21-3)17-18(16(15)20)12-8-6-5-7-9-12/h5-9H,4,10H2,1-3H3/b15-11-. The molecule has 6 heteroatoms. The molecule has 0 bridgehead atoms. The van der Waals surface area contributed by atoms with Gasteiger partial charge in [0.1, 0.15) is 11.3 Å². The van der Waals surface area contributed by atoms with Gasteiger partial charge in [0, 0.05) is 0 Å². The molecule has 1 aromatic carbocycles. The van der Waals surface area contributed by atoms with E-state index in [4.69, 9.17) is 4.74 Å². The second-order valence-electron chi connectivity index (χ2n) is 4.62. The van der Waals surface area contributed by atoms with Gasteiger partial charge in [-0.2, -0.15) is 10.1 Å². The quantitative estimate of drug-likeness (QED) is 0.475. The van der Waals surface area contributed by atoms with Crippen LogP contribution in [-0.4, -0.2) is 31.3 Å². The predicted octanol–water partition coefficient (Wildman–Crippen LogP) is 2.26. The van der Waals surface area contributed by atoms with Crippen molar-refractivity contribution < 1.29 is 19.1 Å². The summed E-state index contributed by atoms with van der Waals surface area (Å²) in [7, 11) is 1.30. The summed E-state index contributed by atoms with van der Waals surface area (Å²) in [6, 6.07) is 9.03. The summed E-state index contributed by atoms with van der Waals surface area (Å²) in [5.74, 6) is -0.312. The van der Waals surface area contributed by atoms with Crippen LogP contribution in [-0.2, 0) is 19.1 Å². The Morgan fingerprint density at radius 3 is 2.55 bits per heavy atom. The maximum Gasteiger partial charge on any atom is 0.311 e. The molecule has 0 spiro atoms. The number of methoxy groups -OCH3 is 1. The fraction of sp³-hybridized carbons (Fsp3) is 0.312. The Morgan fingerprint density at radius 1 is 1.27 bits per heavy atom. The molecule has 0 unspecified atom stereocenters. The Kier molecular flexibility index (Phi) is 4.93. The molecule has 1 aliphatic heterocycles. The Morgan fingerprint density at radius 2 is 1.95 bits per heavy atom. The molecular weight excluding hydrogens is 284 g/mol. The number of amides is 1. The minimum atomic E-state index is -0.455. The van der Waals surface area contributed by atoms with Crippen LogP contribution in [0.3, 0.4) is 0 Å². The zero-order valence-electron chi connectivity index (χ0n) is 12.8. The van der Waals surface area contributed by atoms with E-state index < -0.39 is 5.97 Å². The van der Waals surface area contributed by atoms with E-state index in [-0.39, 0.29) is 12.3 Å². The minimum absolute atomic E-state index is 0.0781. The lowest BCUT2D eigenvalue weighted by Crippen LogP contribution is -2.22. The summed E-state index contributed by atoms with van der Waals surface area (Å²) in [5.41, 5.74) is 1.30. The summed E-state index contributed by atoms with van der Waals surface area (Å²) in [5, 5.41) is 5.55. The van der Waals surface area contributed by atoms with Gasteiger partial charge in [-0.15, -0.1) is 0 Å². The van der Waals surface area contributed by atoms with Crippen molar-refractivity contribution in [3.63, 3.8) is 0 Å². The van der Waals surface area contributed by atoms with Gasteiger partial charge in [-0.1, -0.05) is 18.2 Å². The number of hydrogen-bond donors (Lipinski definition) is 0. The Bertz CT molecular complexity index is 635. The first-order valence-corrected chi connectivity index (χ1v) is 6.96. The van der Waals surface area contributed by atoms with Crippen molar-refractivity contribution in [3.8, 4) is 0 Å². The first-order chi connectivity index (χ1) is 10.6. The van der Waals surface area contributed by atoms with Gasteiger partial charge in [-0.3, -0.25) is 9.59 Å². The molecule has 22 heavy (non-hydrogen) atoms. The van der Waals surface area contributed by atoms with Crippen molar-refractivity contribution in [1.82, 2.24) is 0 Å². The topological polar surface area (TPSA) is 68.2 Å². The number of hydrogen-bond acceptors (Lipinski definition) is 5. The lowest BCUT2D eigenvalue weighted by Gasteiger charge is -2.12. The maximum atomic E-state index is 12.6. The van der Waals surface area contributed by atoms with Crippen molar-refractivity contribution in [2.24, 2.45) is 5.10 Å². The number of nitrogens with zero attached hydrogens (tertiary/aromatic N) is 2. The van der Waals surface area contributed by atoms with Crippen LogP contribution in [0.15, 0.2) is 46.8 Å². The van der Waals surface area contributed by atoms with Crippen LogP contribution in [0.1, 0.15) is 20.3 Å². The lowest BCUT2D eigenvalue weighted by molar-refractivity contribution is -0.139.